The van der Waals surface area contributed by atoms with Crippen molar-refractivity contribution in [2.24, 2.45) is 5.10 Å². The molecule has 0 spiro atoms. The van der Waals surface area contributed by atoms with Crippen molar-refractivity contribution in [2.75, 3.05) is 5.01 Å². The van der Waals surface area contributed by atoms with Gasteiger partial charge in [0, 0.05) is 14.3 Å². The van der Waals surface area contributed by atoms with Crippen LogP contribution in [-0.4, -0.2) is 21.4 Å². The van der Waals surface area contributed by atoms with Crippen LogP contribution in [0, 0.1) is 10.5 Å². The Kier molecular flexibility index (Phi) is 6.04. The highest BCUT2D eigenvalue weighted by molar-refractivity contribution is 14.1. The molecule has 0 bridgehead atoms. The topological polar surface area (TPSA) is 70.5 Å². The van der Waals surface area contributed by atoms with Gasteiger partial charge in [0.1, 0.15) is 5.69 Å². The Bertz CT molecular complexity index is 1320. The van der Waals surface area contributed by atoms with Crippen LogP contribution in [0.15, 0.2) is 51.9 Å². The molecule has 1 N–H and O–H groups in total. The number of anilines is 1. The molecule has 3 aromatic rings. The van der Waals surface area contributed by atoms with Crippen LogP contribution in [0.5, 0.6) is 0 Å². The van der Waals surface area contributed by atoms with Crippen LogP contribution in [0.4, 0.5) is 5.69 Å². The van der Waals surface area contributed by atoms with Gasteiger partial charge in [-0.05, 0) is 78.9 Å². The second-order valence-corrected chi connectivity index (χ2v) is 9.34. The third kappa shape index (κ3) is 4.07. The van der Waals surface area contributed by atoms with Crippen molar-refractivity contribution in [3.63, 3.8) is 0 Å². The van der Waals surface area contributed by atoms with Gasteiger partial charge in [-0.3, -0.25) is 14.7 Å². The summed E-state index contributed by atoms with van der Waals surface area (Å²) in [5, 5.41) is 9.45. The summed E-state index contributed by atoms with van der Waals surface area (Å²) in [6.07, 6.45) is 1.54. The van der Waals surface area contributed by atoms with E-state index in [0.717, 1.165) is 3.57 Å². The van der Waals surface area contributed by atoms with Gasteiger partial charge in [-0.2, -0.15) is 10.1 Å². The van der Waals surface area contributed by atoms with E-state index in [1.54, 1.807) is 13.8 Å². The molecular formula is C21H14Cl3IN4O2. The number of carbonyl (C=O) groups is 1. The minimum Gasteiger partial charge on any atom is -0.295 e. The van der Waals surface area contributed by atoms with E-state index in [9.17, 15) is 9.59 Å². The van der Waals surface area contributed by atoms with Gasteiger partial charge in [0.15, 0.2) is 0 Å². The van der Waals surface area contributed by atoms with Crippen molar-refractivity contribution in [3.05, 3.63) is 82.2 Å². The quantitative estimate of drug-likeness (QED) is 0.309. The van der Waals surface area contributed by atoms with Crippen LogP contribution in [0.2, 0.25) is 15.1 Å². The molecule has 1 amide bonds. The smallest absolute Gasteiger partial charge is 0.280 e. The molecule has 0 saturated heterocycles. The maximum atomic E-state index is 13.1. The molecule has 0 saturated carbocycles. The van der Waals surface area contributed by atoms with Crippen LogP contribution in [0.1, 0.15) is 18.2 Å². The minimum atomic E-state index is -0.399. The van der Waals surface area contributed by atoms with Crippen molar-refractivity contribution in [1.82, 2.24) is 9.78 Å². The molecule has 1 aliphatic rings. The number of rotatable bonds is 3. The van der Waals surface area contributed by atoms with Gasteiger partial charge in [0.2, 0.25) is 0 Å². The van der Waals surface area contributed by atoms with Crippen LogP contribution in [0.3, 0.4) is 0 Å². The van der Waals surface area contributed by atoms with Crippen molar-refractivity contribution >= 4 is 80.8 Å². The number of nitrogens with zero attached hydrogens (tertiary/aromatic N) is 3. The van der Waals surface area contributed by atoms with Gasteiger partial charge in [-0.25, -0.2) is 4.68 Å². The average molecular weight is 588 g/mol. The Morgan fingerprint density at radius 1 is 1.03 bits per heavy atom. The van der Waals surface area contributed by atoms with E-state index in [4.69, 9.17) is 34.8 Å². The number of benzene rings is 2. The zero-order valence-corrected chi connectivity index (χ0v) is 20.6. The summed E-state index contributed by atoms with van der Waals surface area (Å²) in [5.74, 6) is -0.312. The normalized spacial score (nSPS) is 15.2. The van der Waals surface area contributed by atoms with Crippen LogP contribution in [-0.2, 0) is 4.79 Å². The lowest BCUT2D eigenvalue weighted by Crippen LogP contribution is -2.22. The van der Waals surface area contributed by atoms with E-state index in [0.29, 0.717) is 33.3 Å². The molecule has 2 aromatic carbocycles. The molecule has 4 rings (SSSR count). The fourth-order valence-electron chi connectivity index (χ4n) is 3.22. The highest BCUT2D eigenvalue weighted by Crippen LogP contribution is 2.32. The molecule has 2 heterocycles. The zero-order valence-electron chi connectivity index (χ0n) is 16.2. The average Bonchev–Trinajstić information content (AvgIpc) is 3.13. The molecule has 158 valence electrons. The van der Waals surface area contributed by atoms with E-state index >= 15 is 0 Å². The number of amides is 1. The first-order valence-corrected chi connectivity index (χ1v) is 11.2. The lowest BCUT2D eigenvalue weighted by Gasteiger charge is -2.11. The van der Waals surface area contributed by atoms with E-state index < -0.39 is 5.56 Å². The van der Waals surface area contributed by atoms with Gasteiger partial charge >= 0.3 is 0 Å². The Hall–Kier alpha value is -2.07. The van der Waals surface area contributed by atoms with E-state index in [-0.39, 0.29) is 21.6 Å². The van der Waals surface area contributed by atoms with Gasteiger partial charge < -0.3 is 0 Å². The largest absolute Gasteiger partial charge is 0.295 e. The first-order valence-electron chi connectivity index (χ1n) is 9.01. The second kappa shape index (κ2) is 8.46. The lowest BCUT2D eigenvalue weighted by atomic mass is 10.1. The van der Waals surface area contributed by atoms with Gasteiger partial charge in [0.05, 0.1) is 32.6 Å². The first-order chi connectivity index (χ1) is 14.7. The standard InChI is InChI=1S/C21H14Cl3IN4O2/c1-10-15(20(30)28(26-10)14-5-3-13(25)4-6-14)9-16-11(2)27-29(21(16)31)19-17(23)7-12(22)8-18(19)24/h3-9,27H,1-2H3/b15-9+. The van der Waals surface area contributed by atoms with Gasteiger partial charge in [-0.1, -0.05) is 34.8 Å². The summed E-state index contributed by atoms with van der Waals surface area (Å²) < 4.78 is 2.29. The molecule has 6 nitrogen and oxygen atoms in total. The predicted octanol–water partition coefficient (Wildman–Crippen LogP) is 5.84. The number of halogens is 4. The van der Waals surface area contributed by atoms with Crippen molar-refractivity contribution in [3.8, 4) is 5.69 Å². The third-order valence-corrected chi connectivity index (χ3v) is 6.26. The molecule has 0 aliphatic carbocycles. The summed E-state index contributed by atoms with van der Waals surface area (Å²) in [4.78, 5) is 26.2. The third-order valence-electron chi connectivity index (χ3n) is 4.74. The van der Waals surface area contributed by atoms with Crippen LogP contribution >= 0.6 is 57.4 Å². The Labute approximate surface area is 206 Å². The van der Waals surface area contributed by atoms with E-state index in [2.05, 4.69) is 32.8 Å². The highest BCUT2D eigenvalue weighted by atomic mass is 127. The molecular weight excluding hydrogens is 574 g/mol. The summed E-state index contributed by atoms with van der Waals surface area (Å²) in [7, 11) is 0. The number of aromatic amines is 1. The van der Waals surface area contributed by atoms with Gasteiger partial charge in [0.25, 0.3) is 11.5 Å². The summed E-state index contributed by atoms with van der Waals surface area (Å²) in [6.45, 7) is 3.45. The number of aryl methyl sites for hydroxylation is 1. The fraction of sp³-hybridized carbons (Fsp3) is 0.0952. The molecule has 10 heteroatoms. The number of carbonyl (C=O) groups excluding carboxylic acids is 1. The van der Waals surface area contributed by atoms with Crippen LogP contribution in [0.25, 0.3) is 11.8 Å². The Balaban J connectivity index is 1.77. The summed E-state index contributed by atoms with van der Waals surface area (Å²) in [5.41, 5.74) is 2.24. The first kappa shape index (κ1) is 22.1. The molecule has 1 aromatic heterocycles. The number of hydrogen-bond acceptors (Lipinski definition) is 3. The highest BCUT2D eigenvalue weighted by Gasteiger charge is 2.29. The molecule has 31 heavy (non-hydrogen) atoms. The minimum absolute atomic E-state index is 0.222. The Morgan fingerprint density at radius 2 is 1.65 bits per heavy atom. The molecule has 1 aliphatic heterocycles. The summed E-state index contributed by atoms with van der Waals surface area (Å²) in [6, 6.07) is 10.4. The van der Waals surface area contributed by atoms with Crippen LogP contribution < -0.4 is 10.6 Å². The number of hydrazone groups is 1. The number of nitrogens with one attached hydrogen (secondary N) is 1. The number of hydrogen-bond donors (Lipinski definition) is 1. The number of H-pyrrole nitrogens is 1. The molecule has 0 fully saturated rings. The predicted molar refractivity (Wildman–Crippen MR) is 134 cm³/mol. The van der Waals surface area contributed by atoms with Crippen molar-refractivity contribution < 1.29 is 4.79 Å². The second-order valence-electron chi connectivity index (χ2n) is 6.85. The molecule has 0 radical (unpaired) electrons. The molecule has 0 unspecified atom stereocenters. The zero-order chi connectivity index (χ0) is 22.4. The molecule has 0 atom stereocenters. The van der Waals surface area contributed by atoms with E-state index in [1.807, 2.05) is 24.3 Å². The van der Waals surface area contributed by atoms with Crippen molar-refractivity contribution in [2.45, 2.75) is 13.8 Å². The maximum Gasteiger partial charge on any atom is 0.280 e. The van der Waals surface area contributed by atoms with Crippen molar-refractivity contribution in [1.29, 1.82) is 0 Å². The fourth-order valence-corrected chi connectivity index (χ4v) is 4.57. The summed E-state index contributed by atoms with van der Waals surface area (Å²) >= 11 is 20.7. The number of aromatic nitrogens is 2. The Morgan fingerprint density at radius 3 is 2.26 bits per heavy atom. The lowest BCUT2D eigenvalue weighted by molar-refractivity contribution is -0.114. The SMILES string of the molecule is CC1=NN(c2ccc(I)cc2)C(=O)/C1=C/c1c(C)[nH]n(-c2c(Cl)cc(Cl)cc2Cl)c1=O. The van der Waals surface area contributed by atoms with Gasteiger partial charge in [-0.15, -0.1) is 0 Å². The van der Waals surface area contributed by atoms with E-state index in [1.165, 1.54) is 27.9 Å². The monoisotopic (exact) mass is 586 g/mol. The maximum absolute atomic E-state index is 13.1.